The van der Waals surface area contributed by atoms with E-state index in [4.69, 9.17) is 10.2 Å². The first-order valence-electron chi connectivity index (χ1n) is 7.99. The molecule has 0 radical (unpaired) electrons. The molecule has 0 heterocycles. The van der Waals surface area contributed by atoms with Crippen LogP contribution >= 0.6 is 0 Å². The summed E-state index contributed by atoms with van der Waals surface area (Å²) in [6, 6.07) is 0. The van der Waals surface area contributed by atoms with Crippen LogP contribution in [0.25, 0.3) is 0 Å². The van der Waals surface area contributed by atoms with Gasteiger partial charge in [-0.3, -0.25) is 0 Å². The summed E-state index contributed by atoms with van der Waals surface area (Å²) < 4.78 is 0. The summed E-state index contributed by atoms with van der Waals surface area (Å²) in [6.07, 6.45) is 14.7. The van der Waals surface area contributed by atoms with Crippen LogP contribution in [0.2, 0.25) is 0 Å². The molecule has 2 nitrogen and oxygen atoms in total. The van der Waals surface area contributed by atoms with Gasteiger partial charge in [-0.05, 0) is 26.7 Å². The molecular formula is C16H34O2. The van der Waals surface area contributed by atoms with Gasteiger partial charge in [0, 0.05) is 0 Å². The van der Waals surface area contributed by atoms with Crippen molar-refractivity contribution in [3.05, 3.63) is 0 Å². The van der Waals surface area contributed by atoms with Crippen LogP contribution in [0.15, 0.2) is 0 Å². The smallest absolute Gasteiger partial charge is 0.0512 e. The zero-order valence-electron chi connectivity index (χ0n) is 12.5. The first-order valence-corrected chi connectivity index (χ1v) is 7.99. The highest BCUT2D eigenvalue weighted by atomic mass is 16.3. The predicted octanol–water partition coefficient (Wildman–Crippen LogP) is 4.43. The van der Waals surface area contributed by atoms with Crippen molar-refractivity contribution in [3.63, 3.8) is 0 Å². The van der Waals surface area contributed by atoms with E-state index >= 15 is 0 Å². The molecule has 2 N–H and O–H groups in total. The molecule has 0 aliphatic rings. The molecular weight excluding hydrogens is 224 g/mol. The van der Waals surface area contributed by atoms with Gasteiger partial charge in [0.15, 0.2) is 0 Å². The van der Waals surface area contributed by atoms with Crippen LogP contribution in [0.1, 0.15) is 90.9 Å². The highest BCUT2D eigenvalue weighted by molar-refractivity contribution is 4.52. The third-order valence-corrected chi connectivity index (χ3v) is 3.49. The Morgan fingerprint density at radius 1 is 0.500 bits per heavy atom. The molecule has 18 heavy (non-hydrogen) atoms. The van der Waals surface area contributed by atoms with Gasteiger partial charge in [0.1, 0.15) is 0 Å². The quantitative estimate of drug-likeness (QED) is 0.480. The van der Waals surface area contributed by atoms with Crippen LogP contribution in [0.4, 0.5) is 0 Å². The average Bonchev–Trinajstić information content (AvgIpc) is 2.29. The van der Waals surface area contributed by atoms with Crippen molar-refractivity contribution in [1.29, 1.82) is 0 Å². The largest absolute Gasteiger partial charge is 0.393 e. The Kier molecular flexibility index (Phi) is 13.3. The molecule has 0 fully saturated rings. The Hall–Kier alpha value is -0.0800. The van der Waals surface area contributed by atoms with E-state index in [0.29, 0.717) is 0 Å². The summed E-state index contributed by atoms with van der Waals surface area (Å²) >= 11 is 0. The fourth-order valence-corrected chi connectivity index (χ4v) is 2.29. The molecule has 110 valence electrons. The SMILES string of the molecule is CC(O)CCCCCCCCCCCCC(C)O. The second-order valence-corrected chi connectivity index (χ2v) is 5.81. The van der Waals surface area contributed by atoms with Crippen LogP contribution in [0.5, 0.6) is 0 Å². The van der Waals surface area contributed by atoms with Gasteiger partial charge in [0.05, 0.1) is 12.2 Å². The molecule has 0 aromatic carbocycles. The topological polar surface area (TPSA) is 40.5 Å². The summed E-state index contributed by atoms with van der Waals surface area (Å²) in [5.41, 5.74) is 0. The lowest BCUT2D eigenvalue weighted by molar-refractivity contribution is 0.179. The van der Waals surface area contributed by atoms with Crippen LogP contribution in [0, 0.1) is 0 Å². The first-order chi connectivity index (χ1) is 8.63. The maximum Gasteiger partial charge on any atom is 0.0512 e. The molecule has 2 unspecified atom stereocenters. The zero-order valence-corrected chi connectivity index (χ0v) is 12.5. The van der Waals surface area contributed by atoms with E-state index in [0.717, 1.165) is 12.8 Å². The van der Waals surface area contributed by atoms with Crippen LogP contribution in [-0.4, -0.2) is 22.4 Å². The van der Waals surface area contributed by atoms with E-state index in [1.165, 1.54) is 64.2 Å². The Morgan fingerprint density at radius 2 is 0.722 bits per heavy atom. The molecule has 0 saturated heterocycles. The van der Waals surface area contributed by atoms with Gasteiger partial charge in [0.2, 0.25) is 0 Å². The van der Waals surface area contributed by atoms with Crippen molar-refractivity contribution in [2.75, 3.05) is 0 Å². The van der Waals surface area contributed by atoms with E-state index in [1.807, 2.05) is 13.8 Å². The van der Waals surface area contributed by atoms with Gasteiger partial charge in [-0.2, -0.15) is 0 Å². The molecule has 0 spiro atoms. The highest BCUT2D eigenvalue weighted by Gasteiger charge is 1.97. The Bertz CT molecular complexity index is 137. The van der Waals surface area contributed by atoms with Gasteiger partial charge in [-0.25, -0.2) is 0 Å². The van der Waals surface area contributed by atoms with Gasteiger partial charge >= 0.3 is 0 Å². The zero-order chi connectivity index (χ0) is 13.6. The summed E-state index contributed by atoms with van der Waals surface area (Å²) in [4.78, 5) is 0. The van der Waals surface area contributed by atoms with E-state index in [1.54, 1.807) is 0 Å². The van der Waals surface area contributed by atoms with Gasteiger partial charge in [-0.15, -0.1) is 0 Å². The van der Waals surface area contributed by atoms with E-state index in [2.05, 4.69) is 0 Å². The standard InChI is InChI=1S/C16H34O2/c1-15(17)13-11-9-7-5-3-4-6-8-10-12-14-16(2)18/h15-18H,3-14H2,1-2H3. The minimum absolute atomic E-state index is 0.119. The molecule has 0 bridgehead atoms. The predicted molar refractivity (Wildman–Crippen MR) is 78.8 cm³/mol. The lowest BCUT2D eigenvalue weighted by Crippen LogP contribution is -1.98. The second-order valence-electron chi connectivity index (χ2n) is 5.81. The molecule has 0 saturated carbocycles. The second kappa shape index (κ2) is 13.4. The normalized spacial score (nSPS) is 14.7. The minimum Gasteiger partial charge on any atom is -0.393 e. The van der Waals surface area contributed by atoms with Crippen molar-refractivity contribution < 1.29 is 10.2 Å². The maximum atomic E-state index is 9.11. The number of rotatable bonds is 13. The van der Waals surface area contributed by atoms with Gasteiger partial charge in [0.25, 0.3) is 0 Å². The summed E-state index contributed by atoms with van der Waals surface area (Å²) in [7, 11) is 0. The average molecular weight is 258 g/mol. The van der Waals surface area contributed by atoms with E-state index < -0.39 is 0 Å². The number of hydrogen-bond donors (Lipinski definition) is 2. The number of hydrogen-bond acceptors (Lipinski definition) is 2. The number of unbranched alkanes of at least 4 members (excludes halogenated alkanes) is 9. The molecule has 0 rings (SSSR count). The maximum absolute atomic E-state index is 9.11. The Labute approximate surface area is 114 Å². The molecule has 0 aromatic heterocycles. The number of aliphatic hydroxyl groups is 2. The van der Waals surface area contributed by atoms with Gasteiger partial charge < -0.3 is 10.2 Å². The van der Waals surface area contributed by atoms with E-state index in [-0.39, 0.29) is 12.2 Å². The lowest BCUT2D eigenvalue weighted by Gasteiger charge is -2.05. The van der Waals surface area contributed by atoms with E-state index in [9.17, 15) is 0 Å². The molecule has 2 heteroatoms. The highest BCUT2D eigenvalue weighted by Crippen LogP contribution is 2.12. The molecule has 2 atom stereocenters. The number of aliphatic hydroxyl groups excluding tert-OH is 2. The summed E-state index contributed by atoms with van der Waals surface area (Å²) in [6.45, 7) is 3.75. The first kappa shape index (κ1) is 17.9. The Balaban J connectivity index is 2.95. The van der Waals surface area contributed by atoms with Crippen LogP contribution < -0.4 is 0 Å². The fraction of sp³-hybridized carbons (Fsp3) is 1.00. The summed E-state index contributed by atoms with van der Waals surface area (Å²) in [5.74, 6) is 0. The third-order valence-electron chi connectivity index (χ3n) is 3.49. The monoisotopic (exact) mass is 258 g/mol. The van der Waals surface area contributed by atoms with Crippen LogP contribution in [-0.2, 0) is 0 Å². The molecule has 0 aliphatic heterocycles. The van der Waals surface area contributed by atoms with Crippen molar-refractivity contribution >= 4 is 0 Å². The van der Waals surface area contributed by atoms with Crippen molar-refractivity contribution in [2.45, 2.75) is 103 Å². The third kappa shape index (κ3) is 15.9. The molecule has 0 aliphatic carbocycles. The molecule has 0 aromatic rings. The van der Waals surface area contributed by atoms with Crippen molar-refractivity contribution in [1.82, 2.24) is 0 Å². The fourth-order valence-electron chi connectivity index (χ4n) is 2.29. The van der Waals surface area contributed by atoms with Gasteiger partial charge in [-0.1, -0.05) is 64.2 Å². The van der Waals surface area contributed by atoms with Crippen molar-refractivity contribution in [2.24, 2.45) is 0 Å². The summed E-state index contributed by atoms with van der Waals surface area (Å²) in [5, 5.41) is 18.2. The minimum atomic E-state index is -0.119. The van der Waals surface area contributed by atoms with Crippen molar-refractivity contribution in [3.8, 4) is 0 Å². The Morgan fingerprint density at radius 3 is 0.944 bits per heavy atom. The van der Waals surface area contributed by atoms with Crippen LogP contribution in [0.3, 0.4) is 0 Å². The molecule has 0 amide bonds. The lowest BCUT2D eigenvalue weighted by atomic mass is 10.0.